The molecule has 0 aliphatic heterocycles. The van der Waals surface area contributed by atoms with E-state index >= 15 is 0 Å². The standard InChI is InChI=1S/C16H11N3O6/c20-15(8-5-11-3-6-12(7-4-11)19(21)22)24-10-14-17-18-16(25-14)13-2-1-9-23-13/h1-9H,10H2/b8-5+. The van der Waals surface area contributed by atoms with Gasteiger partial charge < -0.3 is 13.6 Å². The fourth-order valence-electron chi connectivity index (χ4n) is 1.86. The van der Waals surface area contributed by atoms with Crippen LogP contribution < -0.4 is 0 Å². The van der Waals surface area contributed by atoms with Gasteiger partial charge in [-0.1, -0.05) is 0 Å². The van der Waals surface area contributed by atoms with E-state index in [0.717, 1.165) is 0 Å². The second-order valence-electron chi connectivity index (χ2n) is 4.77. The average molecular weight is 341 g/mol. The van der Waals surface area contributed by atoms with Crippen LogP contribution in [0.3, 0.4) is 0 Å². The van der Waals surface area contributed by atoms with Crippen LogP contribution in [0.5, 0.6) is 0 Å². The first kappa shape index (κ1) is 16.1. The van der Waals surface area contributed by atoms with Crippen LogP contribution in [0, 0.1) is 10.1 Å². The third kappa shape index (κ3) is 4.16. The zero-order chi connectivity index (χ0) is 17.6. The summed E-state index contributed by atoms with van der Waals surface area (Å²) < 4.78 is 15.4. The fraction of sp³-hybridized carbons (Fsp3) is 0.0625. The highest BCUT2D eigenvalue weighted by Gasteiger charge is 2.11. The summed E-state index contributed by atoms with van der Waals surface area (Å²) in [5, 5.41) is 18.1. The van der Waals surface area contributed by atoms with Crippen molar-refractivity contribution < 1.29 is 23.3 Å². The zero-order valence-corrected chi connectivity index (χ0v) is 12.7. The van der Waals surface area contributed by atoms with E-state index in [9.17, 15) is 14.9 Å². The minimum Gasteiger partial charge on any atom is -0.459 e. The quantitative estimate of drug-likeness (QED) is 0.290. The number of nitro groups is 1. The molecular formula is C16H11N3O6. The molecule has 2 aromatic heterocycles. The summed E-state index contributed by atoms with van der Waals surface area (Å²) in [6, 6.07) is 9.09. The number of nitrogens with zero attached hydrogens (tertiary/aromatic N) is 3. The maximum Gasteiger partial charge on any atom is 0.331 e. The number of hydrogen-bond donors (Lipinski definition) is 0. The predicted molar refractivity (Wildman–Crippen MR) is 83.9 cm³/mol. The maximum absolute atomic E-state index is 11.7. The van der Waals surface area contributed by atoms with Gasteiger partial charge in [0.2, 0.25) is 0 Å². The Balaban J connectivity index is 1.53. The van der Waals surface area contributed by atoms with E-state index in [0.29, 0.717) is 11.3 Å². The van der Waals surface area contributed by atoms with Crippen LogP contribution in [0.4, 0.5) is 5.69 Å². The Bertz CT molecular complexity index is 896. The van der Waals surface area contributed by atoms with Crippen molar-refractivity contribution in [2.75, 3.05) is 0 Å². The van der Waals surface area contributed by atoms with Gasteiger partial charge in [0.25, 0.3) is 17.5 Å². The van der Waals surface area contributed by atoms with Gasteiger partial charge in [0.1, 0.15) is 0 Å². The van der Waals surface area contributed by atoms with E-state index in [1.54, 1.807) is 12.1 Å². The summed E-state index contributed by atoms with van der Waals surface area (Å²) in [7, 11) is 0. The molecule has 9 nitrogen and oxygen atoms in total. The lowest BCUT2D eigenvalue weighted by atomic mass is 10.2. The Morgan fingerprint density at radius 3 is 2.72 bits per heavy atom. The van der Waals surface area contributed by atoms with Gasteiger partial charge in [-0.05, 0) is 35.9 Å². The number of esters is 1. The molecule has 9 heteroatoms. The Kier molecular flexibility index (Phi) is 4.65. The van der Waals surface area contributed by atoms with E-state index in [1.807, 2.05) is 0 Å². The monoisotopic (exact) mass is 341 g/mol. The van der Waals surface area contributed by atoms with Gasteiger partial charge in [0.05, 0.1) is 11.2 Å². The molecule has 0 unspecified atom stereocenters. The molecule has 0 aliphatic carbocycles. The van der Waals surface area contributed by atoms with Crippen molar-refractivity contribution >= 4 is 17.7 Å². The fourth-order valence-corrected chi connectivity index (χ4v) is 1.86. The predicted octanol–water partition coefficient (Wildman–Crippen LogP) is 2.99. The van der Waals surface area contributed by atoms with Gasteiger partial charge in [0, 0.05) is 18.2 Å². The van der Waals surface area contributed by atoms with Crippen LogP contribution in [0.25, 0.3) is 17.7 Å². The van der Waals surface area contributed by atoms with Gasteiger partial charge in [0.15, 0.2) is 12.4 Å². The number of nitro benzene ring substituents is 1. The summed E-state index contributed by atoms with van der Waals surface area (Å²) in [6.45, 7) is -0.183. The Labute approximate surface area is 140 Å². The second kappa shape index (κ2) is 7.21. The molecule has 0 fully saturated rings. The lowest BCUT2D eigenvalue weighted by molar-refractivity contribution is -0.384. The SMILES string of the molecule is O=C(/C=C/c1ccc([N+](=O)[O-])cc1)OCc1nnc(-c2ccco2)o1. The third-order valence-corrected chi connectivity index (χ3v) is 3.05. The van der Waals surface area contributed by atoms with E-state index in [-0.39, 0.29) is 24.1 Å². The average Bonchev–Trinajstić information content (AvgIpc) is 3.29. The van der Waals surface area contributed by atoms with Gasteiger partial charge in [-0.2, -0.15) is 0 Å². The number of ether oxygens (including phenoxy) is 1. The molecule has 0 spiro atoms. The first-order chi connectivity index (χ1) is 12.1. The Morgan fingerprint density at radius 1 is 1.24 bits per heavy atom. The lowest BCUT2D eigenvalue weighted by Gasteiger charge is -1.97. The highest BCUT2D eigenvalue weighted by molar-refractivity contribution is 5.87. The summed E-state index contributed by atoms with van der Waals surface area (Å²) in [4.78, 5) is 21.7. The van der Waals surface area contributed by atoms with Crippen LogP contribution in [-0.4, -0.2) is 21.1 Å². The molecule has 2 heterocycles. The largest absolute Gasteiger partial charge is 0.459 e. The molecule has 0 bridgehead atoms. The Morgan fingerprint density at radius 2 is 2.04 bits per heavy atom. The molecule has 0 radical (unpaired) electrons. The number of benzene rings is 1. The van der Waals surface area contributed by atoms with Crippen molar-refractivity contribution in [1.82, 2.24) is 10.2 Å². The molecule has 1 aromatic carbocycles. The molecule has 0 N–H and O–H groups in total. The number of aromatic nitrogens is 2. The first-order valence-electron chi connectivity index (χ1n) is 7.07. The molecule has 25 heavy (non-hydrogen) atoms. The molecule has 0 atom stereocenters. The summed E-state index contributed by atoms with van der Waals surface area (Å²) in [5.74, 6) is 0.125. The van der Waals surface area contributed by atoms with Crippen LogP contribution in [0.15, 0.2) is 57.6 Å². The molecule has 0 amide bonds. The number of hydrogen-bond acceptors (Lipinski definition) is 8. The van der Waals surface area contributed by atoms with Crippen LogP contribution >= 0.6 is 0 Å². The van der Waals surface area contributed by atoms with Crippen molar-refractivity contribution in [2.24, 2.45) is 0 Å². The van der Waals surface area contributed by atoms with Crippen LogP contribution in [-0.2, 0) is 16.1 Å². The van der Waals surface area contributed by atoms with Gasteiger partial charge >= 0.3 is 5.97 Å². The number of non-ortho nitro benzene ring substituents is 1. The van der Waals surface area contributed by atoms with Crippen molar-refractivity contribution in [1.29, 1.82) is 0 Å². The van der Waals surface area contributed by atoms with E-state index < -0.39 is 10.9 Å². The summed E-state index contributed by atoms with van der Waals surface area (Å²) >= 11 is 0. The van der Waals surface area contributed by atoms with E-state index in [1.165, 1.54) is 42.7 Å². The number of carbonyl (C=O) groups is 1. The van der Waals surface area contributed by atoms with Crippen LogP contribution in [0.1, 0.15) is 11.5 Å². The normalized spacial score (nSPS) is 10.9. The smallest absolute Gasteiger partial charge is 0.331 e. The van der Waals surface area contributed by atoms with Crippen molar-refractivity contribution in [3.63, 3.8) is 0 Å². The van der Waals surface area contributed by atoms with Gasteiger partial charge in [-0.3, -0.25) is 10.1 Å². The molecule has 3 aromatic rings. The van der Waals surface area contributed by atoms with Gasteiger partial charge in [-0.15, -0.1) is 10.2 Å². The van der Waals surface area contributed by atoms with E-state index in [4.69, 9.17) is 13.6 Å². The third-order valence-electron chi connectivity index (χ3n) is 3.05. The number of furan rings is 1. The molecule has 126 valence electrons. The molecule has 0 saturated carbocycles. The van der Waals surface area contributed by atoms with Crippen LogP contribution in [0.2, 0.25) is 0 Å². The number of carbonyl (C=O) groups excluding carboxylic acids is 1. The molecule has 3 rings (SSSR count). The lowest BCUT2D eigenvalue weighted by Crippen LogP contribution is -2.00. The van der Waals surface area contributed by atoms with Crippen molar-refractivity contribution in [3.8, 4) is 11.7 Å². The van der Waals surface area contributed by atoms with E-state index in [2.05, 4.69) is 10.2 Å². The minimum atomic E-state index is -0.615. The number of rotatable bonds is 6. The van der Waals surface area contributed by atoms with Crippen molar-refractivity contribution in [2.45, 2.75) is 6.61 Å². The first-order valence-corrected chi connectivity index (χ1v) is 7.07. The summed E-state index contributed by atoms with van der Waals surface area (Å²) in [5.41, 5.74) is 0.601. The topological polar surface area (TPSA) is 122 Å². The zero-order valence-electron chi connectivity index (χ0n) is 12.7. The Hall–Kier alpha value is -3.75. The summed E-state index contributed by atoms with van der Waals surface area (Å²) in [6.07, 6.45) is 4.15. The highest BCUT2D eigenvalue weighted by atomic mass is 16.6. The highest BCUT2D eigenvalue weighted by Crippen LogP contribution is 2.18. The van der Waals surface area contributed by atoms with Crippen molar-refractivity contribution in [3.05, 3.63) is 70.3 Å². The molecule has 0 saturated heterocycles. The molecular weight excluding hydrogens is 330 g/mol. The minimum absolute atomic E-state index is 0.0246. The van der Waals surface area contributed by atoms with Gasteiger partial charge in [-0.25, -0.2) is 4.79 Å². The second-order valence-corrected chi connectivity index (χ2v) is 4.77. The maximum atomic E-state index is 11.7. The molecule has 0 aliphatic rings.